The van der Waals surface area contributed by atoms with Crippen LogP contribution in [0.5, 0.6) is 0 Å². The van der Waals surface area contributed by atoms with Gasteiger partial charge in [0.25, 0.3) is 0 Å². The van der Waals surface area contributed by atoms with Gasteiger partial charge >= 0.3 is 0 Å². The molecule has 5 heteroatoms. The van der Waals surface area contributed by atoms with Crippen LogP contribution in [0.4, 0.5) is 5.95 Å². The quantitative estimate of drug-likeness (QED) is 0.667. The van der Waals surface area contributed by atoms with Gasteiger partial charge in [-0.2, -0.15) is 0 Å². The number of rotatable bonds is 5. The number of anilines is 1. The van der Waals surface area contributed by atoms with E-state index < -0.39 is 0 Å². The first-order chi connectivity index (χ1) is 14.5. The Morgan fingerprint density at radius 3 is 2.53 bits per heavy atom. The first-order valence-corrected chi connectivity index (χ1v) is 10.4. The molecule has 0 aliphatic heterocycles. The van der Waals surface area contributed by atoms with Crippen molar-refractivity contribution in [2.45, 2.75) is 44.9 Å². The third-order valence-electron chi connectivity index (χ3n) is 5.75. The summed E-state index contributed by atoms with van der Waals surface area (Å²) >= 11 is 0. The van der Waals surface area contributed by atoms with Gasteiger partial charge in [0.2, 0.25) is 11.9 Å². The molecule has 3 aromatic rings. The summed E-state index contributed by atoms with van der Waals surface area (Å²) in [5.41, 5.74) is 4.56. The van der Waals surface area contributed by atoms with E-state index in [1.54, 1.807) is 6.20 Å². The number of Topliss-reactive ketones (excluding diaryl/α,β-unsaturated/α-hetero) is 1. The number of ketones is 1. The van der Waals surface area contributed by atoms with E-state index >= 15 is 0 Å². The van der Waals surface area contributed by atoms with E-state index in [0.29, 0.717) is 30.5 Å². The Balaban J connectivity index is 1.55. The number of aromatic nitrogens is 2. The second kappa shape index (κ2) is 8.57. The normalized spacial score (nSPS) is 16.6. The molecule has 2 aromatic carbocycles. The van der Waals surface area contributed by atoms with E-state index in [4.69, 9.17) is 0 Å². The summed E-state index contributed by atoms with van der Waals surface area (Å²) in [4.78, 5) is 34.3. The van der Waals surface area contributed by atoms with Crippen LogP contribution in [0.15, 0.2) is 60.8 Å². The lowest BCUT2D eigenvalue weighted by atomic mass is 9.82. The first kappa shape index (κ1) is 20.0. The summed E-state index contributed by atoms with van der Waals surface area (Å²) in [5.74, 6) is -0.00805. The molecule has 1 aliphatic carbocycles. The molecule has 1 heterocycles. The molecule has 0 radical (unpaired) electrons. The predicted molar refractivity (Wildman–Crippen MR) is 117 cm³/mol. The average molecular weight is 399 g/mol. The van der Waals surface area contributed by atoms with Crippen LogP contribution in [0.25, 0.3) is 0 Å². The van der Waals surface area contributed by atoms with Gasteiger partial charge in [-0.1, -0.05) is 67.1 Å². The molecule has 1 amide bonds. The van der Waals surface area contributed by atoms with E-state index in [-0.39, 0.29) is 29.5 Å². The summed E-state index contributed by atoms with van der Waals surface area (Å²) in [5, 5.41) is 2.85. The minimum absolute atomic E-state index is 0.0513. The van der Waals surface area contributed by atoms with Crippen molar-refractivity contribution in [2.24, 2.45) is 0 Å². The summed E-state index contributed by atoms with van der Waals surface area (Å²) in [6.45, 7) is 4.03. The Labute approximate surface area is 176 Å². The van der Waals surface area contributed by atoms with Crippen LogP contribution in [0.2, 0.25) is 0 Å². The smallest absolute Gasteiger partial charge is 0.234 e. The Morgan fingerprint density at radius 2 is 1.83 bits per heavy atom. The molecule has 4 rings (SSSR count). The van der Waals surface area contributed by atoms with Crippen LogP contribution in [-0.4, -0.2) is 21.7 Å². The number of benzene rings is 2. The van der Waals surface area contributed by atoms with Crippen molar-refractivity contribution in [1.82, 2.24) is 9.97 Å². The Kier molecular flexibility index (Phi) is 5.70. The van der Waals surface area contributed by atoms with Crippen LogP contribution in [-0.2, 0) is 11.2 Å². The average Bonchev–Trinajstić information content (AvgIpc) is 2.75. The van der Waals surface area contributed by atoms with Crippen molar-refractivity contribution in [1.29, 1.82) is 0 Å². The monoisotopic (exact) mass is 399 g/mol. The van der Waals surface area contributed by atoms with Crippen molar-refractivity contribution in [3.05, 3.63) is 88.7 Å². The highest BCUT2D eigenvalue weighted by Gasteiger charge is 2.28. The first-order valence-electron chi connectivity index (χ1n) is 10.4. The molecule has 0 fully saturated rings. The molecule has 152 valence electrons. The maximum atomic E-state index is 12.8. The second-order valence-corrected chi connectivity index (χ2v) is 7.85. The van der Waals surface area contributed by atoms with Gasteiger partial charge < -0.3 is 0 Å². The lowest BCUT2D eigenvalue weighted by Gasteiger charge is -2.23. The predicted octanol–water partition coefficient (Wildman–Crippen LogP) is 4.83. The van der Waals surface area contributed by atoms with Gasteiger partial charge in [0, 0.05) is 12.6 Å². The van der Waals surface area contributed by atoms with Crippen molar-refractivity contribution in [3.63, 3.8) is 0 Å². The lowest BCUT2D eigenvalue weighted by Crippen LogP contribution is -2.24. The Bertz CT molecular complexity index is 1060. The molecular formula is C25H25N3O2. The van der Waals surface area contributed by atoms with E-state index in [1.165, 1.54) is 5.56 Å². The van der Waals surface area contributed by atoms with Crippen molar-refractivity contribution in [2.75, 3.05) is 5.32 Å². The third kappa shape index (κ3) is 4.15. The summed E-state index contributed by atoms with van der Waals surface area (Å²) in [7, 11) is 0. The highest BCUT2D eigenvalue weighted by atomic mass is 16.2. The zero-order chi connectivity index (χ0) is 21.1. The lowest BCUT2D eigenvalue weighted by molar-refractivity contribution is -0.117. The SMILES string of the molecule is CC[C@H](C(=O)Nc1ncc2c(n1)C[C@H](c1ccc(C)cc1)CC2=O)c1ccccc1. The molecule has 1 aliphatic rings. The number of amides is 1. The maximum absolute atomic E-state index is 12.8. The topological polar surface area (TPSA) is 72.0 Å². The molecule has 1 aromatic heterocycles. The fourth-order valence-corrected chi connectivity index (χ4v) is 4.03. The second-order valence-electron chi connectivity index (χ2n) is 7.85. The number of hydrogen-bond donors (Lipinski definition) is 1. The molecule has 0 unspecified atom stereocenters. The van der Waals surface area contributed by atoms with Gasteiger partial charge in [-0.25, -0.2) is 9.97 Å². The Hall–Kier alpha value is -3.34. The van der Waals surface area contributed by atoms with Gasteiger partial charge in [-0.05, 0) is 36.8 Å². The molecule has 0 bridgehead atoms. The highest BCUT2D eigenvalue weighted by molar-refractivity contribution is 5.99. The highest BCUT2D eigenvalue weighted by Crippen LogP contribution is 2.32. The number of nitrogens with zero attached hydrogens (tertiary/aromatic N) is 2. The number of hydrogen-bond acceptors (Lipinski definition) is 4. The largest absolute Gasteiger partial charge is 0.294 e. The van der Waals surface area contributed by atoms with Gasteiger partial charge in [0.05, 0.1) is 17.2 Å². The number of carbonyl (C=O) groups is 2. The Morgan fingerprint density at radius 1 is 1.10 bits per heavy atom. The summed E-state index contributed by atoms with van der Waals surface area (Å²) in [6, 6.07) is 18.0. The van der Waals surface area contributed by atoms with Gasteiger partial charge in [0.15, 0.2) is 5.78 Å². The van der Waals surface area contributed by atoms with Gasteiger partial charge in [-0.3, -0.25) is 14.9 Å². The van der Waals surface area contributed by atoms with Crippen molar-refractivity contribution in [3.8, 4) is 0 Å². The number of fused-ring (bicyclic) bond motifs is 1. The van der Waals surface area contributed by atoms with E-state index in [9.17, 15) is 9.59 Å². The molecule has 30 heavy (non-hydrogen) atoms. The van der Waals surface area contributed by atoms with E-state index in [0.717, 1.165) is 11.1 Å². The molecule has 1 N–H and O–H groups in total. The fraction of sp³-hybridized carbons (Fsp3) is 0.280. The maximum Gasteiger partial charge on any atom is 0.234 e. The van der Waals surface area contributed by atoms with Crippen LogP contribution in [0, 0.1) is 6.92 Å². The molecule has 0 saturated heterocycles. The molecule has 0 spiro atoms. The van der Waals surface area contributed by atoms with Crippen LogP contribution in [0.3, 0.4) is 0 Å². The van der Waals surface area contributed by atoms with E-state index in [2.05, 4.69) is 39.6 Å². The van der Waals surface area contributed by atoms with Crippen molar-refractivity contribution < 1.29 is 9.59 Å². The summed E-state index contributed by atoms with van der Waals surface area (Å²) < 4.78 is 0. The molecule has 0 saturated carbocycles. The summed E-state index contributed by atoms with van der Waals surface area (Å²) in [6.07, 6.45) is 3.34. The third-order valence-corrected chi connectivity index (χ3v) is 5.75. The van der Waals surface area contributed by atoms with Crippen LogP contribution >= 0.6 is 0 Å². The molecule has 5 nitrogen and oxygen atoms in total. The van der Waals surface area contributed by atoms with Crippen LogP contribution < -0.4 is 5.32 Å². The van der Waals surface area contributed by atoms with Crippen molar-refractivity contribution >= 4 is 17.6 Å². The molecular weight excluding hydrogens is 374 g/mol. The standard InChI is InChI=1S/C25H25N3O2/c1-3-20(18-7-5-4-6-8-18)24(30)28-25-26-15-21-22(27-25)13-19(14-23(21)29)17-11-9-16(2)10-12-17/h4-12,15,19-20H,3,13-14H2,1-2H3,(H,26,27,28,30)/t19-,20-/m0/s1. The van der Waals surface area contributed by atoms with Gasteiger partial charge in [0.1, 0.15) is 0 Å². The fourth-order valence-electron chi connectivity index (χ4n) is 4.03. The number of nitrogens with one attached hydrogen (secondary N) is 1. The zero-order valence-corrected chi connectivity index (χ0v) is 17.3. The zero-order valence-electron chi connectivity index (χ0n) is 17.3. The molecule has 2 atom stereocenters. The van der Waals surface area contributed by atoms with Crippen LogP contribution in [0.1, 0.15) is 64.3 Å². The minimum Gasteiger partial charge on any atom is -0.294 e. The van der Waals surface area contributed by atoms with Gasteiger partial charge in [-0.15, -0.1) is 0 Å². The minimum atomic E-state index is -0.271. The number of carbonyl (C=O) groups excluding carboxylic acids is 2. The number of aryl methyl sites for hydroxylation is 1. The van der Waals surface area contributed by atoms with E-state index in [1.807, 2.05) is 44.2 Å².